The van der Waals surface area contributed by atoms with Crippen molar-refractivity contribution in [3.63, 3.8) is 0 Å². The first-order valence-electron chi connectivity index (χ1n) is 5.80. The van der Waals surface area contributed by atoms with Crippen molar-refractivity contribution >= 4 is 20.4 Å². The zero-order valence-electron chi connectivity index (χ0n) is 9.91. The molecule has 0 fully saturated rings. The number of carbonyl (C=O) groups excluding carboxylic acids is 1. The number of nitrogens with zero attached hydrogens (tertiary/aromatic N) is 2. The molecular formula is C14H13N2OP. The van der Waals surface area contributed by atoms with Crippen LogP contribution < -0.4 is 0 Å². The summed E-state index contributed by atoms with van der Waals surface area (Å²) in [6.45, 7) is 1.24. The largest absolute Gasteiger partial charge is 0.319 e. The highest BCUT2D eigenvalue weighted by atomic mass is 31.1. The van der Waals surface area contributed by atoms with Gasteiger partial charge >= 0.3 is 0 Å². The third-order valence-electron chi connectivity index (χ3n) is 3.19. The normalized spacial score (nSPS) is 15.9. The molecule has 0 spiro atoms. The van der Waals surface area contributed by atoms with E-state index in [2.05, 4.69) is 10.9 Å². The average Bonchev–Trinajstić information content (AvgIpc) is 2.84. The lowest BCUT2D eigenvalue weighted by Gasteiger charge is -2.23. The van der Waals surface area contributed by atoms with Crippen LogP contribution in [0.2, 0.25) is 0 Å². The number of ketones is 1. The van der Waals surface area contributed by atoms with E-state index in [1.54, 1.807) is 0 Å². The van der Waals surface area contributed by atoms with E-state index in [0.717, 1.165) is 31.8 Å². The standard InChI is InChI=1S/C14H13N2OP/c1-18-15-9-13-12(14(17)10-15)7-8-16(13)11-5-3-2-4-6-11/h2-8H,1,9-10H2. The molecule has 4 heteroatoms. The van der Waals surface area contributed by atoms with Crippen LogP contribution in [0.5, 0.6) is 0 Å². The lowest BCUT2D eigenvalue weighted by Crippen LogP contribution is -2.29. The van der Waals surface area contributed by atoms with Crippen LogP contribution in [0.25, 0.3) is 5.69 Å². The zero-order chi connectivity index (χ0) is 12.5. The Kier molecular flexibility index (Phi) is 2.86. The molecule has 1 aromatic carbocycles. The smallest absolute Gasteiger partial charge is 0.179 e. The van der Waals surface area contributed by atoms with Crippen molar-refractivity contribution < 1.29 is 4.79 Å². The van der Waals surface area contributed by atoms with Gasteiger partial charge < -0.3 is 4.57 Å². The highest BCUT2D eigenvalue weighted by Gasteiger charge is 2.25. The van der Waals surface area contributed by atoms with Crippen LogP contribution in [0.4, 0.5) is 0 Å². The molecule has 0 radical (unpaired) electrons. The molecular weight excluding hydrogens is 243 g/mol. The first kappa shape index (κ1) is 11.4. The Balaban J connectivity index is 2.10. The number of rotatable bonds is 2. The molecule has 0 bridgehead atoms. The minimum absolute atomic E-state index is 0.182. The molecule has 3 rings (SSSR count). The fraction of sp³-hybridized carbons (Fsp3) is 0.143. The van der Waals surface area contributed by atoms with Crippen molar-refractivity contribution in [2.24, 2.45) is 0 Å². The lowest BCUT2D eigenvalue weighted by atomic mass is 10.1. The minimum Gasteiger partial charge on any atom is -0.319 e. The molecule has 3 nitrogen and oxygen atoms in total. The van der Waals surface area contributed by atoms with Gasteiger partial charge in [-0.15, -0.1) is 0 Å². The van der Waals surface area contributed by atoms with Gasteiger partial charge in [0, 0.05) is 29.7 Å². The Morgan fingerprint density at radius 3 is 2.61 bits per heavy atom. The van der Waals surface area contributed by atoms with Gasteiger partial charge in [-0.25, -0.2) is 4.67 Å². The summed E-state index contributed by atoms with van der Waals surface area (Å²) in [5.41, 5.74) is 3.00. The maximum atomic E-state index is 12.0. The zero-order valence-corrected chi connectivity index (χ0v) is 10.8. The van der Waals surface area contributed by atoms with Gasteiger partial charge in [-0.2, -0.15) is 0 Å². The number of fused-ring (bicyclic) bond motifs is 1. The molecule has 0 unspecified atom stereocenters. The number of benzene rings is 1. The van der Waals surface area contributed by atoms with Crippen molar-refractivity contribution in [2.75, 3.05) is 6.54 Å². The van der Waals surface area contributed by atoms with E-state index in [0.29, 0.717) is 6.54 Å². The molecule has 18 heavy (non-hydrogen) atoms. The number of carbonyl (C=O) groups is 1. The summed E-state index contributed by atoms with van der Waals surface area (Å²) in [6, 6.07) is 12.0. The van der Waals surface area contributed by atoms with Crippen LogP contribution in [-0.2, 0) is 6.54 Å². The van der Waals surface area contributed by atoms with E-state index in [9.17, 15) is 4.79 Å². The molecule has 1 aliphatic rings. The number of aromatic nitrogens is 1. The molecule has 0 aliphatic carbocycles. The van der Waals surface area contributed by atoms with Gasteiger partial charge in [0.05, 0.1) is 6.54 Å². The van der Waals surface area contributed by atoms with Crippen molar-refractivity contribution in [1.29, 1.82) is 0 Å². The quantitative estimate of drug-likeness (QED) is 0.772. The van der Waals surface area contributed by atoms with Crippen molar-refractivity contribution in [3.05, 3.63) is 53.9 Å². The Bertz CT molecular complexity index is 604. The first-order valence-corrected chi connectivity index (χ1v) is 6.83. The summed E-state index contributed by atoms with van der Waals surface area (Å²) in [5.74, 6) is 0.182. The van der Waals surface area contributed by atoms with Gasteiger partial charge in [0.2, 0.25) is 0 Å². The maximum absolute atomic E-state index is 12.0. The highest BCUT2D eigenvalue weighted by molar-refractivity contribution is 7.33. The highest BCUT2D eigenvalue weighted by Crippen LogP contribution is 2.26. The monoisotopic (exact) mass is 256 g/mol. The fourth-order valence-electron chi connectivity index (χ4n) is 2.29. The Morgan fingerprint density at radius 2 is 1.89 bits per heavy atom. The molecule has 1 aromatic heterocycles. The van der Waals surface area contributed by atoms with Crippen LogP contribution in [0.3, 0.4) is 0 Å². The van der Waals surface area contributed by atoms with Crippen molar-refractivity contribution in [2.45, 2.75) is 6.54 Å². The first-order chi connectivity index (χ1) is 8.79. The van der Waals surface area contributed by atoms with E-state index >= 15 is 0 Å². The molecule has 0 saturated heterocycles. The van der Waals surface area contributed by atoms with Crippen LogP contribution in [0.1, 0.15) is 16.1 Å². The van der Waals surface area contributed by atoms with Gasteiger partial charge in [0.25, 0.3) is 0 Å². The summed E-state index contributed by atoms with van der Waals surface area (Å²) in [4.78, 5) is 12.0. The Hall–Kier alpha value is -1.70. The average molecular weight is 256 g/mol. The lowest BCUT2D eigenvalue weighted by molar-refractivity contribution is 0.0953. The van der Waals surface area contributed by atoms with Crippen LogP contribution in [0, 0.1) is 0 Å². The summed E-state index contributed by atoms with van der Waals surface area (Å²) < 4.78 is 4.12. The third kappa shape index (κ3) is 1.82. The summed E-state index contributed by atoms with van der Waals surface area (Å²) >= 11 is 0. The molecule has 0 N–H and O–H groups in total. The minimum atomic E-state index is 0.182. The Labute approximate surface area is 108 Å². The predicted octanol–water partition coefficient (Wildman–Crippen LogP) is 2.77. The SMILES string of the molecule is C=PN1CC(=O)c2ccn(-c3ccccc3)c2C1. The molecule has 0 amide bonds. The second-order valence-electron chi connectivity index (χ2n) is 4.27. The van der Waals surface area contributed by atoms with E-state index < -0.39 is 0 Å². The second-order valence-corrected chi connectivity index (χ2v) is 5.12. The van der Waals surface area contributed by atoms with Gasteiger partial charge in [-0.3, -0.25) is 4.79 Å². The molecule has 0 atom stereocenters. The fourth-order valence-corrected chi connectivity index (χ4v) is 2.75. The van der Waals surface area contributed by atoms with Gasteiger partial charge in [-0.1, -0.05) is 24.5 Å². The molecule has 1 aliphatic heterocycles. The van der Waals surface area contributed by atoms with Crippen LogP contribution in [-0.4, -0.2) is 27.9 Å². The van der Waals surface area contributed by atoms with Crippen LogP contribution >= 0.6 is 8.35 Å². The number of hydrogen-bond acceptors (Lipinski definition) is 2. The molecule has 2 heterocycles. The second kappa shape index (κ2) is 4.52. The summed E-state index contributed by atoms with van der Waals surface area (Å²) in [5, 5.41) is 0. The van der Waals surface area contributed by atoms with Gasteiger partial charge in [0.1, 0.15) is 0 Å². The molecule has 0 saturated carbocycles. The van der Waals surface area contributed by atoms with Crippen molar-refractivity contribution in [3.8, 4) is 5.69 Å². The third-order valence-corrected chi connectivity index (χ3v) is 3.87. The molecule has 90 valence electrons. The summed E-state index contributed by atoms with van der Waals surface area (Å²) in [6.07, 6.45) is 5.81. The number of hydrogen-bond donors (Lipinski definition) is 0. The maximum Gasteiger partial charge on any atom is 0.179 e. The number of Topliss-reactive ketones (excluding diaryl/α,β-unsaturated/α-hetero) is 1. The van der Waals surface area contributed by atoms with E-state index in [-0.39, 0.29) is 5.78 Å². The molecule has 2 aromatic rings. The van der Waals surface area contributed by atoms with Gasteiger partial charge in [-0.05, 0) is 26.6 Å². The number of para-hydroxylation sites is 1. The van der Waals surface area contributed by atoms with Crippen LogP contribution in [0.15, 0.2) is 42.6 Å². The van der Waals surface area contributed by atoms with E-state index in [4.69, 9.17) is 0 Å². The van der Waals surface area contributed by atoms with E-state index in [1.807, 2.05) is 47.3 Å². The van der Waals surface area contributed by atoms with E-state index in [1.165, 1.54) is 0 Å². The van der Waals surface area contributed by atoms with Gasteiger partial charge in [0.15, 0.2) is 5.78 Å². The summed E-state index contributed by atoms with van der Waals surface area (Å²) in [7, 11) is 0.895. The Morgan fingerprint density at radius 1 is 1.11 bits per heavy atom. The predicted molar refractivity (Wildman–Crippen MR) is 74.6 cm³/mol. The van der Waals surface area contributed by atoms with Crippen molar-refractivity contribution in [1.82, 2.24) is 9.24 Å². The topological polar surface area (TPSA) is 25.2 Å².